The molecule has 132 valence electrons. The van der Waals surface area contributed by atoms with Crippen molar-refractivity contribution >= 4 is 17.4 Å². The minimum Gasteiger partial charge on any atom is -0.376 e. The highest BCUT2D eigenvalue weighted by molar-refractivity contribution is 5.93. The first-order valence-corrected chi connectivity index (χ1v) is 7.67. The van der Waals surface area contributed by atoms with Crippen LogP contribution in [-0.2, 0) is 4.74 Å². The van der Waals surface area contributed by atoms with E-state index in [9.17, 15) is 18.0 Å². The average molecular weight is 352 g/mol. The molecule has 9 heteroatoms. The van der Waals surface area contributed by atoms with E-state index in [1.807, 2.05) is 0 Å². The van der Waals surface area contributed by atoms with E-state index in [0.29, 0.717) is 13.2 Å². The molecule has 0 bridgehead atoms. The van der Waals surface area contributed by atoms with Crippen molar-refractivity contribution in [2.75, 3.05) is 18.5 Å². The summed E-state index contributed by atoms with van der Waals surface area (Å²) >= 11 is 0. The lowest BCUT2D eigenvalue weighted by Gasteiger charge is -2.11. The summed E-state index contributed by atoms with van der Waals surface area (Å²) < 4.78 is 45.3. The van der Waals surface area contributed by atoms with Crippen LogP contribution in [0.25, 0.3) is 0 Å². The minimum absolute atomic E-state index is 0.0142. The molecule has 2 N–H and O–H groups in total. The SMILES string of the molecule is O=C(NCC1CCCO1)c1cc(Nc2ccc(F)c(F)c2F)ncn1. The van der Waals surface area contributed by atoms with E-state index < -0.39 is 23.4 Å². The van der Waals surface area contributed by atoms with E-state index in [1.165, 1.54) is 6.07 Å². The van der Waals surface area contributed by atoms with Gasteiger partial charge in [0.1, 0.15) is 17.8 Å². The molecule has 0 aliphatic carbocycles. The summed E-state index contributed by atoms with van der Waals surface area (Å²) in [6.07, 6.45) is 2.94. The molecule has 1 unspecified atom stereocenters. The predicted molar refractivity (Wildman–Crippen MR) is 82.9 cm³/mol. The number of carbonyl (C=O) groups is 1. The molecule has 1 saturated heterocycles. The summed E-state index contributed by atoms with van der Waals surface area (Å²) in [5, 5.41) is 5.19. The van der Waals surface area contributed by atoms with Crippen LogP contribution in [0.1, 0.15) is 23.3 Å². The highest BCUT2D eigenvalue weighted by Crippen LogP contribution is 2.22. The molecule has 0 saturated carbocycles. The highest BCUT2D eigenvalue weighted by atomic mass is 19.2. The number of hydrogen-bond acceptors (Lipinski definition) is 5. The number of ether oxygens (including phenoxy) is 1. The maximum Gasteiger partial charge on any atom is 0.270 e. The Morgan fingerprint density at radius 3 is 2.84 bits per heavy atom. The van der Waals surface area contributed by atoms with Crippen molar-refractivity contribution in [2.45, 2.75) is 18.9 Å². The smallest absolute Gasteiger partial charge is 0.270 e. The van der Waals surface area contributed by atoms with Gasteiger partial charge in [-0.2, -0.15) is 0 Å². The van der Waals surface area contributed by atoms with Crippen molar-refractivity contribution < 1.29 is 22.7 Å². The van der Waals surface area contributed by atoms with E-state index in [-0.39, 0.29) is 23.3 Å². The van der Waals surface area contributed by atoms with Gasteiger partial charge in [-0.15, -0.1) is 0 Å². The predicted octanol–water partition coefficient (Wildman–Crippen LogP) is 2.55. The molecule has 1 amide bonds. The number of aromatic nitrogens is 2. The molecule has 1 atom stereocenters. The number of benzene rings is 1. The number of nitrogens with zero attached hydrogens (tertiary/aromatic N) is 2. The first kappa shape index (κ1) is 17.2. The van der Waals surface area contributed by atoms with Gasteiger partial charge in [0, 0.05) is 19.2 Å². The zero-order chi connectivity index (χ0) is 17.8. The number of nitrogens with one attached hydrogen (secondary N) is 2. The molecule has 6 nitrogen and oxygen atoms in total. The average Bonchev–Trinajstić information content (AvgIpc) is 3.14. The fraction of sp³-hybridized carbons (Fsp3) is 0.312. The first-order chi connectivity index (χ1) is 12.0. The third kappa shape index (κ3) is 4.05. The zero-order valence-electron chi connectivity index (χ0n) is 13.1. The van der Waals surface area contributed by atoms with Crippen LogP contribution in [0.2, 0.25) is 0 Å². The monoisotopic (exact) mass is 352 g/mol. The Bertz CT molecular complexity index is 782. The number of amides is 1. The number of halogens is 3. The van der Waals surface area contributed by atoms with Crippen LogP contribution in [0, 0.1) is 17.5 Å². The molecule has 0 radical (unpaired) electrons. The number of anilines is 2. The maximum atomic E-state index is 13.7. The van der Waals surface area contributed by atoms with E-state index in [1.54, 1.807) is 0 Å². The van der Waals surface area contributed by atoms with E-state index in [2.05, 4.69) is 20.6 Å². The fourth-order valence-corrected chi connectivity index (χ4v) is 2.41. The Labute approximate surface area is 141 Å². The Hall–Kier alpha value is -2.68. The van der Waals surface area contributed by atoms with Crippen molar-refractivity contribution in [1.82, 2.24) is 15.3 Å². The number of carbonyl (C=O) groups excluding carboxylic acids is 1. The molecular formula is C16H15F3N4O2. The highest BCUT2D eigenvalue weighted by Gasteiger charge is 2.18. The molecule has 1 fully saturated rings. The second kappa shape index (κ2) is 7.47. The first-order valence-electron chi connectivity index (χ1n) is 7.67. The third-order valence-corrected chi connectivity index (χ3v) is 3.71. The lowest BCUT2D eigenvalue weighted by Crippen LogP contribution is -2.32. The minimum atomic E-state index is -1.59. The zero-order valence-corrected chi connectivity index (χ0v) is 13.1. The third-order valence-electron chi connectivity index (χ3n) is 3.71. The Balaban J connectivity index is 1.68. The molecule has 0 spiro atoms. The van der Waals surface area contributed by atoms with Crippen molar-refractivity contribution in [1.29, 1.82) is 0 Å². The van der Waals surface area contributed by atoms with Crippen LogP contribution in [0.15, 0.2) is 24.5 Å². The van der Waals surface area contributed by atoms with E-state index in [4.69, 9.17) is 4.74 Å². The maximum absolute atomic E-state index is 13.7. The standard InChI is InChI=1S/C16H15F3N4O2/c17-10-3-4-11(15(19)14(10)18)23-13-6-12(21-8-22-13)16(24)20-7-9-2-1-5-25-9/h3-4,6,8-9H,1-2,5,7H2,(H,20,24)(H,21,22,23). The molecule has 25 heavy (non-hydrogen) atoms. The lowest BCUT2D eigenvalue weighted by molar-refractivity contribution is 0.0853. The lowest BCUT2D eigenvalue weighted by atomic mass is 10.2. The van der Waals surface area contributed by atoms with Gasteiger partial charge in [-0.1, -0.05) is 0 Å². The van der Waals surface area contributed by atoms with Crippen LogP contribution in [0.4, 0.5) is 24.7 Å². The summed E-state index contributed by atoms with van der Waals surface area (Å²) in [4.78, 5) is 19.8. The van der Waals surface area contributed by atoms with Crippen LogP contribution in [0.5, 0.6) is 0 Å². The van der Waals surface area contributed by atoms with Gasteiger partial charge in [-0.25, -0.2) is 23.1 Å². The molecular weight excluding hydrogens is 337 g/mol. The van der Waals surface area contributed by atoms with Crippen LogP contribution in [-0.4, -0.2) is 35.1 Å². The molecule has 3 rings (SSSR count). The second-order valence-corrected chi connectivity index (χ2v) is 5.48. The fourth-order valence-electron chi connectivity index (χ4n) is 2.41. The summed E-state index contributed by atoms with van der Waals surface area (Å²) in [5.74, 6) is -4.62. The Morgan fingerprint density at radius 1 is 1.24 bits per heavy atom. The summed E-state index contributed by atoms with van der Waals surface area (Å²) in [5.41, 5.74) is -0.248. The molecule has 2 aromatic rings. The van der Waals surface area contributed by atoms with Gasteiger partial charge in [-0.05, 0) is 25.0 Å². The van der Waals surface area contributed by atoms with Crippen LogP contribution >= 0.6 is 0 Å². The van der Waals surface area contributed by atoms with Gasteiger partial charge in [0.25, 0.3) is 5.91 Å². The van der Waals surface area contributed by atoms with Gasteiger partial charge < -0.3 is 15.4 Å². The second-order valence-electron chi connectivity index (χ2n) is 5.48. The van der Waals surface area contributed by atoms with Gasteiger partial charge in [0.2, 0.25) is 0 Å². The Kier molecular flexibility index (Phi) is 5.13. The van der Waals surface area contributed by atoms with Crippen molar-refractivity contribution in [3.63, 3.8) is 0 Å². The normalized spacial score (nSPS) is 16.7. The topological polar surface area (TPSA) is 76.1 Å². The number of rotatable bonds is 5. The van der Waals surface area contributed by atoms with Gasteiger partial charge >= 0.3 is 0 Å². The largest absolute Gasteiger partial charge is 0.376 e. The summed E-state index contributed by atoms with van der Waals surface area (Å²) in [6.45, 7) is 1.05. The summed E-state index contributed by atoms with van der Waals surface area (Å²) in [6, 6.07) is 3.11. The van der Waals surface area contributed by atoms with Gasteiger partial charge in [0.05, 0.1) is 11.8 Å². The molecule has 1 aromatic heterocycles. The molecule has 1 aliphatic heterocycles. The molecule has 1 aliphatic rings. The van der Waals surface area contributed by atoms with Crippen molar-refractivity contribution in [3.8, 4) is 0 Å². The van der Waals surface area contributed by atoms with Crippen molar-refractivity contribution in [2.24, 2.45) is 0 Å². The quantitative estimate of drug-likeness (QED) is 0.809. The summed E-state index contributed by atoms with van der Waals surface area (Å²) in [7, 11) is 0. The molecule has 2 heterocycles. The van der Waals surface area contributed by atoms with Crippen LogP contribution < -0.4 is 10.6 Å². The van der Waals surface area contributed by atoms with E-state index >= 15 is 0 Å². The van der Waals surface area contributed by atoms with E-state index in [0.717, 1.165) is 31.3 Å². The Morgan fingerprint density at radius 2 is 2.08 bits per heavy atom. The van der Waals surface area contributed by atoms with Crippen LogP contribution in [0.3, 0.4) is 0 Å². The van der Waals surface area contributed by atoms with Gasteiger partial charge in [-0.3, -0.25) is 4.79 Å². The van der Waals surface area contributed by atoms with Crippen molar-refractivity contribution in [3.05, 3.63) is 47.7 Å². The molecule has 1 aromatic carbocycles. The van der Waals surface area contributed by atoms with Gasteiger partial charge in [0.15, 0.2) is 17.5 Å². The number of hydrogen-bond donors (Lipinski definition) is 2.